The molecule has 1 unspecified atom stereocenters. The molecule has 1 aromatic carbocycles. The third-order valence-corrected chi connectivity index (χ3v) is 6.86. The molecule has 3 aliphatic rings. The van der Waals surface area contributed by atoms with Crippen LogP contribution >= 0.6 is 0 Å². The van der Waals surface area contributed by atoms with Crippen LogP contribution in [0.3, 0.4) is 0 Å². The largest absolute Gasteiger partial charge is 0.383 e. The summed E-state index contributed by atoms with van der Waals surface area (Å²) >= 11 is 0. The summed E-state index contributed by atoms with van der Waals surface area (Å²) in [4.78, 5) is 62.9. The number of hydrogen-bond donors (Lipinski definition) is 4. The molecule has 4 rings (SSSR count). The van der Waals surface area contributed by atoms with Gasteiger partial charge in [-0.3, -0.25) is 34.2 Å². The molecule has 0 aromatic heterocycles. The van der Waals surface area contributed by atoms with Gasteiger partial charge in [0, 0.05) is 25.2 Å². The summed E-state index contributed by atoms with van der Waals surface area (Å²) in [5.41, 5.74) is 6.93. The lowest BCUT2D eigenvalue weighted by Crippen LogP contribution is -2.54. The molecular weight excluding hydrogens is 438 g/mol. The van der Waals surface area contributed by atoms with E-state index in [4.69, 9.17) is 5.73 Å². The van der Waals surface area contributed by atoms with E-state index in [0.29, 0.717) is 31.1 Å². The zero-order valence-corrected chi connectivity index (χ0v) is 19.1. The van der Waals surface area contributed by atoms with Gasteiger partial charge in [0.05, 0.1) is 17.2 Å². The molecule has 1 saturated heterocycles. The van der Waals surface area contributed by atoms with E-state index < -0.39 is 35.7 Å². The summed E-state index contributed by atoms with van der Waals surface area (Å²) in [6, 6.07) is 3.32. The van der Waals surface area contributed by atoms with E-state index in [-0.39, 0.29) is 29.9 Å². The van der Waals surface area contributed by atoms with Crippen molar-refractivity contribution in [1.82, 2.24) is 15.5 Å². The van der Waals surface area contributed by atoms with Crippen molar-refractivity contribution < 1.29 is 24.0 Å². The van der Waals surface area contributed by atoms with Crippen molar-refractivity contribution in [3.8, 4) is 0 Å². The SMILES string of the molecule is N[C@@H](CC1CCCCC1)C(=O)NCCNc1cccc2c1C(=O)N(C1CCC(=O)NC1=O)C2=O. The number of imide groups is 2. The van der Waals surface area contributed by atoms with Gasteiger partial charge in [0.15, 0.2) is 0 Å². The lowest BCUT2D eigenvalue weighted by molar-refractivity contribution is -0.136. The normalized spacial score (nSPS) is 21.8. The van der Waals surface area contributed by atoms with Crippen molar-refractivity contribution in [2.24, 2.45) is 11.7 Å². The van der Waals surface area contributed by atoms with Gasteiger partial charge in [-0.2, -0.15) is 0 Å². The summed E-state index contributed by atoms with van der Waals surface area (Å²) in [6.45, 7) is 0.637. The van der Waals surface area contributed by atoms with E-state index in [0.717, 1.165) is 17.7 Å². The second kappa shape index (κ2) is 10.3. The molecule has 1 saturated carbocycles. The zero-order valence-electron chi connectivity index (χ0n) is 19.1. The maximum absolute atomic E-state index is 13.1. The minimum atomic E-state index is -1.01. The van der Waals surface area contributed by atoms with Gasteiger partial charge in [-0.25, -0.2) is 0 Å². The van der Waals surface area contributed by atoms with Gasteiger partial charge in [0.25, 0.3) is 11.8 Å². The van der Waals surface area contributed by atoms with Gasteiger partial charge in [0.2, 0.25) is 17.7 Å². The van der Waals surface area contributed by atoms with Crippen LogP contribution < -0.4 is 21.7 Å². The number of hydrogen-bond acceptors (Lipinski definition) is 7. The molecule has 1 aliphatic carbocycles. The highest BCUT2D eigenvalue weighted by Crippen LogP contribution is 2.32. The fourth-order valence-electron chi connectivity index (χ4n) is 5.07. The first kappa shape index (κ1) is 23.9. The molecular formula is C24H31N5O5. The summed E-state index contributed by atoms with van der Waals surface area (Å²) in [6.07, 6.45) is 6.78. The monoisotopic (exact) mass is 469 g/mol. The smallest absolute Gasteiger partial charge is 0.264 e. The van der Waals surface area contributed by atoms with Gasteiger partial charge in [0.1, 0.15) is 6.04 Å². The highest BCUT2D eigenvalue weighted by Gasteiger charge is 2.45. The Bertz CT molecular complexity index is 1000. The second-order valence-corrected chi connectivity index (χ2v) is 9.24. The Balaban J connectivity index is 1.32. The number of piperidine rings is 1. The fraction of sp³-hybridized carbons (Fsp3) is 0.542. The van der Waals surface area contributed by atoms with E-state index in [1.165, 1.54) is 19.3 Å². The predicted molar refractivity (Wildman–Crippen MR) is 124 cm³/mol. The topological polar surface area (TPSA) is 151 Å². The van der Waals surface area contributed by atoms with Crippen LogP contribution in [-0.4, -0.2) is 59.6 Å². The van der Waals surface area contributed by atoms with Crippen LogP contribution in [0.15, 0.2) is 18.2 Å². The summed E-state index contributed by atoms with van der Waals surface area (Å²) in [5.74, 6) is -1.87. The number of fused-ring (bicyclic) bond motifs is 1. The molecule has 10 nitrogen and oxygen atoms in total. The summed E-state index contributed by atoms with van der Waals surface area (Å²) < 4.78 is 0. The Kier molecular flexibility index (Phi) is 7.26. The number of nitrogens with two attached hydrogens (primary N) is 1. The molecule has 5 N–H and O–H groups in total. The Morgan fingerprint density at radius 2 is 1.82 bits per heavy atom. The highest BCUT2D eigenvalue weighted by atomic mass is 16.2. The van der Waals surface area contributed by atoms with Crippen LogP contribution in [0.5, 0.6) is 0 Å². The highest BCUT2D eigenvalue weighted by molar-refractivity contribution is 6.25. The van der Waals surface area contributed by atoms with Gasteiger partial charge in [-0.15, -0.1) is 0 Å². The van der Waals surface area contributed by atoms with Crippen molar-refractivity contribution in [3.05, 3.63) is 29.3 Å². The lowest BCUT2D eigenvalue weighted by atomic mass is 9.85. The van der Waals surface area contributed by atoms with Gasteiger partial charge < -0.3 is 16.4 Å². The van der Waals surface area contributed by atoms with Gasteiger partial charge >= 0.3 is 0 Å². The first-order valence-corrected chi connectivity index (χ1v) is 12.0. The van der Waals surface area contributed by atoms with E-state index >= 15 is 0 Å². The number of carbonyl (C=O) groups excluding carboxylic acids is 5. The van der Waals surface area contributed by atoms with Gasteiger partial charge in [-0.05, 0) is 30.9 Å². The third kappa shape index (κ3) is 4.96. The number of nitrogens with one attached hydrogen (secondary N) is 3. The predicted octanol–water partition coefficient (Wildman–Crippen LogP) is 0.914. The molecule has 2 heterocycles. The van der Waals surface area contributed by atoms with E-state index in [1.54, 1.807) is 18.2 Å². The van der Waals surface area contributed by atoms with E-state index in [9.17, 15) is 24.0 Å². The molecule has 0 radical (unpaired) electrons. The zero-order chi connectivity index (χ0) is 24.2. The molecule has 2 fully saturated rings. The van der Waals surface area contributed by atoms with Crippen molar-refractivity contribution in [2.75, 3.05) is 18.4 Å². The van der Waals surface area contributed by atoms with Crippen LogP contribution in [0.4, 0.5) is 5.69 Å². The van der Waals surface area contributed by atoms with Crippen molar-refractivity contribution >= 4 is 35.2 Å². The maximum Gasteiger partial charge on any atom is 0.264 e. The molecule has 2 aliphatic heterocycles. The van der Waals surface area contributed by atoms with Crippen molar-refractivity contribution in [3.63, 3.8) is 0 Å². The average molecular weight is 470 g/mol. The van der Waals surface area contributed by atoms with Crippen molar-refractivity contribution in [1.29, 1.82) is 0 Å². The number of amides is 5. The van der Waals surface area contributed by atoms with E-state index in [1.807, 2.05) is 0 Å². The van der Waals surface area contributed by atoms with Crippen molar-refractivity contribution in [2.45, 2.75) is 63.5 Å². The second-order valence-electron chi connectivity index (χ2n) is 9.24. The van der Waals surface area contributed by atoms with Gasteiger partial charge in [-0.1, -0.05) is 38.2 Å². The molecule has 0 bridgehead atoms. The minimum Gasteiger partial charge on any atom is -0.383 e. The quantitative estimate of drug-likeness (QED) is 0.326. The molecule has 34 heavy (non-hydrogen) atoms. The fourth-order valence-corrected chi connectivity index (χ4v) is 5.07. The standard InChI is InChI=1S/C24H31N5O5/c25-16(13-14-5-2-1-3-6-14)21(31)27-12-11-26-17-8-4-7-15-20(17)24(34)29(23(15)33)18-9-10-19(30)28-22(18)32/h4,7-8,14,16,18,26H,1-3,5-6,9-13,25H2,(H,27,31)(H,28,30,32)/t16-,18?/m0/s1. The first-order valence-electron chi connectivity index (χ1n) is 12.0. The summed E-state index contributed by atoms with van der Waals surface area (Å²) in [7, 11) is 0. The Labute approximate surface area is 198 Å². The maximum atomic E-state index is 13.1. The number of carbonyl (C=O) groups is 5. The Morgan fingerprint density at radius 1 is 1.06 bits per heavy atom. The third-order valence-electron chi connectivity index (χ3n) is 6.86. The Morgan fingerprint density at radius 3 is 2.56 bits per heavy atom. The first-order chi connectivity index (χ1) is 16.4. The molecule has 5 amide bonds. The minimum absolute atomic E-state index is 0.0670. The molecule has 0 spiro atoms. The molecule has 182 valence electrons. The van der Waals surface area contributed by atoms with Crippen LogP contribution in [0.1, 0.15) is 72.1 Å². The summed E-state index contributed by atoms with van der Waals surface area (Å²) in [5, 5.41) is 8.12. The number of rotatable bonds is 8. The Hall–Kier alpha value is -3.27. The average Bonchev–Trinajstić information content (AvgIpc) is 3.08. The van der Waals surface area contributed by atoms with Crippen LogP contribution in [0, 0.1) is 5.92 Å². The van der Waals surface area contributed by atoms with Crippen LogP contribution in [0.25, 0.3) is 0 Å². The lowest BCUT2D eigenvalue weighted by Gasteiger charge is -2.27. The molecule has 2 atom stereocenters. The van der Waals surface area contributed by atoms with Crippen LogP contribution in [0.2, 0.25) is 0 Å². The van der Waals surface area contributed by atoms with E-state index in [2.05, 4.69) is 16.0 Å². The molecule has 1 aromatic rings. The number of anilines is 1. The number of nitrogens with zero attached hydrogens (tertiary/aromatic N) is 1. The number of benzene rings is 1. The van der Waals surface area contributed by atoms with Crippen LogP contribution in [-0.2, 0) is 14.4 Å². The molecule has 10 heteroatoms.